The predicted octanol–water partition coefficient (Wildman–Crippen LogP) is 2.15. The second-order valence-electron chi connectivity index (χ2n) is 4.75. The van der Waals surface area contributed by atoms with E-state index < -0.39 is 0 Å². The fourth-order valence-electron chi connectivity index (χ4n) is 2.24. The molecule has 1 aliphatic heterocycles. The van der Waals surface area contributed by atoms with Crippen molar-refractivity contribution in [1.82, 2.24) is 4.90 Å². The summed E-state index contributed by atoms with van der Waals surface area (Å²) in [6, 6.07) is 6.18. The molecule has 0 aromatic heterocycles. The average Bonchev–Trinajstić information content (AvgIpc) is 2.87. The van der Waals surface area contributed by atoms with Gasteiger partial charge in [-0.15, -0.1) is 11.8 Å². The molecule has 0 radical (unpaired) electrons. The van der Waals surface area contributed by atoms with Crippen LogP contribution in [-0.2, 0) is 4.79 Å². The van der Waals surface area contributed by atoms with Gasteiger partial charge in [0.05, 0.1) is 5.75 Å². The minimum atomic E-state index is -0.262. The number of hydrogen-bond acceptors (Lipinski definition) is 3. The molecule has 1 amide bonds. The van der Waals surface area contributed by atoms with Crippen molar-refractivity contribution < 1.29 is 14.3 Å². The molecule has 1 aliphatic rings. The number of thioether (sulfide) groups is 1. The average molecular weight is 283 g/mol. The number of halogens is 1. The lowest BCUT2D eigenvalue weighted by atomic mass is 10.1. The molecular formula is C14H18FNO2S. The van der Waals surface area contributed by atoms with Gasteiger partial charge >= 0.3 is 0 Å². The van der Waals surface area contributed by atoms with E-state index in [1.807, 2.05) is 4.90 Å². The van der Waals surface area contributed by atoms with Crippen molar-refractivity contribution >= 4 is 17.7 Å². The molecule has 3 nitrogen and oxygen atoms in total. The Labute approximate surface area is 116 Å². The quantitative estimate of drug-likeness (QED) is 0.842. The smallest absolute Gasteiger partial charge is 0.232 e. The lowest BCUT2D eigenvalue weighted by Gasteiger charge is -2.16. The lowest BCUT2D eigenvalue weighted by Crippen LogP contribution is -2.30. The highest BCUT2D eigenvalue weighted by atomic mass is 32.2. The van der Waals surface area contributed by atoms with Crippen LogP contribution in [0.4, 0.5) is 4.39 Å². The van der Waals surface area contributed by atoms with Gasteiger partial charge in [0.2, 0.25) is 5.91 Å². The van der Waals surface area contributed by atoms with E-state index in [1.54, 1.807) is 12.1 Å². The molecule has 104 valence electrons. The van der Waals surface area contributed by atoms with Crippen LogP contribution in [-0.4, -0.2) is 41.4 Å². The van der Waals surface area contributed by atoms with Crippen LogP contribution in [0, 0.1) is 11.7 Å². The van der Waals surface area contributed by atoms with E-state index in [-0.39, 0.29) is 18.3 Å². The first-order chi connectivity index (χ1) is 9.19. The zero-order valence-corrected chi connectivity index (χ0v) is 11.5. The zero-order chi connectivity index (χ0) is 13.7. The Balaban J connectivity index is 1.77. The van der Waals surface area contributed by atoms with Gasteiger partial charge in [-0.3, -0.25) is 4.79 Å². The molecule has 0 spiro atoms. The van der Waals surface area contributed by atoms with Gasteiger partial charge in [-0.1, -0.05) is 0 Å². The summed E-state index contributed by atoms with van der Waals surface area (Å²) in [5.74, 6) is 0.680. The number of benzene rings is 1. The number of carbonyl (C=O) groups is 1. The molecule has 19 heavy (non-hydrogen) atoms. The van der Waals surface area contributed by atoms with Crippen molar-refractivity contribution in [3.63, 3.8) is 0 Å². The molecule has 1 heterocycles. The number of carbonyl (C=O) groups excluding carboxylic acids is 1. The van der Waals surface area contributed by atoms with Gasteiger partial charge < -0.3 is 10.0 Å². The maximum Gasteiger partial charge on any atom is 0.232 e. The number of hydrogen-bond donors (Lipinski definition) is 1. The molecular weight excluding hydrogens is 265 g/mol. The monoisotopic (exact) mass is 283 g/mol. The summed E-state index contributed by atoms with van der Waals surface area (Å²) in [6.45, 7) is 1.73. The Morgan fingerprint density at radius 2 is 2.16 bits per heavy atom. The Morgan fingerprint density at radius 1 is 1.42 bits per heavy atom. The summed E-state index contributed by atoms with van der Waals surface area (Å²) in [5, 5.41) is 8.89. The van der Waals surface area contributed by atoms with Crippen molar-refractivity contribution in [2.24, 2.45) is 5.92 Å². The van der Waals surface area contributed by atoms with Crippen molar-refractivity contribution in [1.29, 1.82) is 0 Å². The van der Waals surface area contributed by atoms with Crippen LogP contribution in [0.1, 0.15) is 12.8 Å². The van der Waals surface area contributed by atoms with Gasteiger partial charge in [-0.25, -0.2) is 4.39 Å². The summed E-state index contributed by atoms with van der Waals surface area (Å²) in [6.07, 6.45) is 1.75. The minimum absolute atomic E-state index is 0.120. The number of nitrogens with zero attached hydrogens (tertiary/aromatic N) is 1. The van der Waals surface area contributed by atoms with Gasteiger partial charge in [-0.05, 0) is 43.0 Å². The van der Waals surface area contributed by atoms with Gasteiger partial charge in [0, 0.05) is 24.6 Å². The third-order valence-electron chi connectivity index (χ3n) is 3.35. The second-order valence-corrected chi connectivity index (χ2v) is 5.80. The summed E-state index contributed by atoms with van der Waals surface area (Å²) >= 11 is 1.43. The molecule has 1 fully saturated rings. The standard InChI is InChI=1S/C14H18FNO2S/c15-12-1-3-13(4-2-12)19-10-14(18)16-7-5-11(9-16)6-8-17/h1-4,11,17H,5-10H2. The number of aliphatic hydroxyl groups is 1. The van der Waals surface area contributed by atoms with E-state index >= 15 is 0 Å². The summed E-state index contributed by atoms with van der Waals surface area (Å²) in [4.78, 5) is 14.8. The Morgan fingerprint density at radius 3 is 2.84 bits per heavy atom. The predicted molar refractivity (Wildman–Crippen MR) is 73.5 cm³/mol. The molecule has 1 aromatic rings. The highest BCUT2D eigenvalue weighted by Crippen LogP contribution is 2.22. The molecule has 1 aromatic carbocycles. The topological polar surface area (TPSA) is 40.5 Å². The number of amides is 1. The molecule has 1 unspecified atom stereocenters. The van der Waals surface area contributed by atoms with Gasteiger partial charge in [0.15, 0.2) is 0 Å². The molecule has 1 saturated heterocycles. The lowest BCUT2D eigenvalue weighted by molar-refractivity contribution is -0.127. The summed E-state index contributed by atoms with van der Waals surface area (Å²) in [7, 11) is 0. The second kappa shape index (κ2) is 6.91. The van der Waals surface area contributed by atoms with Crippen LogP contribution >= 0.6 is 11.8 Å². The maximum atomic E-state index is 12.7. The van der Waals surface area contributed by atoms with E-state index in [1.165, 1.54) is 23.9 Å². The number of likely N-dealkylation sites (tertiary alicyclic amines) is 1. The van der Waals surface area contributed by atoms with Crippen LogP contribution in [0.2, 0.25) is 0 Å². The normalized spacial score (nSPS) is 18.8. The van der Waals surface area contributed by atoms with Crippen molar-refractivity contribution in [2.75, 3.05) is 25.4 Å². The fraction of sp³-hybridized carbons (Fsp3) is 0.500. The molecule has 0 aliphatic carbocycles. The van der Waals surface area contributed by atoms with E-state index in [0.717, 1.165) is 30.8 Å². The Hall–Kier alpha value is -1.07. The van der Waals surface area contributed by atoms with Crippen LogP contribution in [0.15, 0.2) is 29.2 Å². The third kappa shape index (κ3) is 4.21. The highest BCUT2D eigenvalue weighted by Gasteiger charge is 2.25. The highest BCUT2D eigenvalue weighted by molar-refractivity contribution is 8.00. The van der Waals surface area contributed by atoms with E-state index in [4.69, 9.17) is 5.11 Å². The molecule has 5 heteroatoms. The van der Waals surface area contributed by atoms with E-state index in [2.05, 4.69) is 0 Å². The molecule has 0 bridgehead atoms. The molecule has 1 N–H and O–H groups in total. The number of rotatable bonds is 5. The van der Waals surface area contributed by atoms with Crippen molar-refractivity contribution in [3.05, 3.63) is 30.1 Å². The van der Waals surface area contributed by atoms with Crippen LogP contribution < -0.4 is 0 Å². The summed E-state index contributed by atoms with van der Waals surface area (Å²) < 4.78 is 12.7. The first-order valence-corrected chi connectivity index (χ1v) is 7.44. The van der Waals surface area contributed by atoms with Crippen molar-refractivity contribution in [2.45, 2.75) is 17.7 Å². The third-order valence-corrected chi connectivity index (χ3v) is 4.35. The molecule has 1 atom stereocenters. The molecule has 2 rings (SSSR count). The fourth-order valence-corrected chi connectivity index (χ4v) is 3.05. The Kier molecular flexibility index (Phi) is 5.22. The molecule has 0 saturated carbocycles. The Bertz CT molecular complexity index is 424. The first-order valence-electron chi connectivity index (χ1n) is 6.46. The SMILES string of the molecule is O=C(CSc1ccc(F)cc1)N1CCC(CCO)C1. The number of aliphatic hydroxyl groups excluding tert-OH is 1. The first kappa shape index (κ1) is 14.3. The van der Waals surface area contributed by atoms with Crippen LogP contribution in [0.25, 0.3) is 0 Å². The zero-order valence-electron chi connectivity index (χ0n) is 10.7. The van der Waals surface area contributed by atoms with E-state index in [9.17, 15) is 9.18 Å². The van der Waals surface area contributed by atoms with Crippen molar-refractivity contribution in [3.8, 4) is 0 Å². The summed E-state index contributed by atoms with van der Waals surface area (Å²) in [5.41, 5.74) is 0. The van der Waals surface area contributed by atoms with Gasteiger partial charge in [0.25, 0.3) is 0 Å². The minimum Gasteiger partial charge on any atom is -0.396 e. The largest absolute Gasteiger partial charge is 0.396 e. The van der Waals surface area contributed by atoms with Crippen LogP contribution in [0.5, 0.6) is 0 Å². The van der Waals surface area contributed by atoms with E-state index in [0.29, 0.717) is 11.7 Å². The van der Waals surface area contributed by atoms with Crippen LogP contribution in [0.3, 0.4) is 0 Å². The maximum absolute atomic E-state index is 12.7. The van der Waals surface area contributed by atoms with Gasteiger partial charge in [0.1, 0.15) is 5.82 Å². The van der Waals surface area contributed by atoms with Gasteiger partial charge in [-0.2, -0.15) is 0 Å².